The summed E-state index contributed by atoms with van der Waals surface area (Å²) in [6, 6.07) is 5.10. The second-order valence-corrected chi connectivity index (χ2v) is 8.54. The minimum absolute atomic E-state index is 0.0613. The second-order valence-electron chi connectivity index (χ2n) is 6.61. The smallest absolute Gasteiger partial charge is 0.243 e. The molecule has 1 aromatic rings. The topological polar surface area (TPSA) is 66.9 Å². The van der Waals surface area contributed by atoms with E-state index in [0.29, 0.717) is 37.7 Å². The van der Waals surface area contributed by atoms with Crippen molar-refractivity contribution in [2.24, 2.45) is 5.92 Å². The third kappa shape index (κ3) is 3.28. The molecular weight excluding hydrogens is 328 g/mol. The maximum Gasteiger partial charge on any atom is 0.243 e. The van der Waals surface area contributed by atoms with Crippen LogP contribution in [0.4, 0.5) is 0 Å². The predicted molar refractivity (Wildman–Crippen MR) is 90.4 cm³/mol. The first-order valence-electron chi connectivity index (χ1n) is 8.44. The van der Waals surface area contributed by atoms with E-state index in [-0.39, 0.29) is 11.8 Å². The van der Waals surface area contributed by atoms with E-state index >= 15 is 0 Å². The Kier molecular flexibility index (Phi) is 4.83. The number of nitrogens with zero attached hydrogens (tertiary/aromatic N) is 2. The molecule has 0 aliphatic carbocycles. The van der Waals surface area contributed by atoms with Crippen LogP contribution in [0.15, 0.2) is 23.1 Å². The molecule has 2 aliphatic heterocycles. The lowest BCUT2D eigenvalue weighted by Crippen LogP contribution is -2.51. The van der Waals surface area contributed by atoms with Gasteiger partial charge in [0.2, 0.25) is 15.9 Å². The number of carbonyl (C=O) groups is 1. The van der Waals surface area contributed by atoms with Crippen molar-refractivity contribution in [3.63, 3.8) is 0 Å². The summed E-state index contributed by atoms with van der Waals surface area (Å²) in [6.45, 7) is 5.99. The van der Waals surface area contributed by atoms with Crippen LogP contribution in [0, 0.1) is 5.92 Å². The van der Waals surface area contributed by atoms with E-state index in [1.54, 1.807) is 23.1 Å². The van der Waals surface area contributed by atoms with Crippen molar-refractivity contribution in [1.82, 2.24) is 9.21 Å². The van der Waals surface area contributed by atoms with E-state index < -0.39 is 10.0 Å². The van der Waals surface area contributed by atoms with Crippen LogP contribution in [0.1, 0.15) is 25.8 Å². The Morgan fingerprint density at radius 3 is 2.54 bits per heavy atom. The SMILES string of the molecule is CC(C)C(=O)N1CCN(S(=O)(=O)c2ccc3c(c2)CCCO3)CC1. The fraction of sp³-hybridized carbons (Fsp3) is 0.588. The molecule has 0 N–H and O–H groups in total. The van der Waals surface area contributed by atoms with Crippen LogP contribution in [0.2, 0.25) is 0 Å². The van der Waals surface area contributed by atoms with E-state index in [1.165, 1.54) is 4.31 Å². The molecule has 0 saturated carbocycles. The normalized spacial score (nSPS) is 19.0. The van der Waals surface area contributed by atoms with Gasteiger partial charge in [-0.2, -0.15) is 4.31 Å². The molecule has 132 valence electrons. The van der Waals surface area contributed by atoms with Crippen molar-refractivity contribution < 1.29 is 17.9 Å². The second kappa shape index (κ2) is 6.72. The first-order valence-corrected chi connectivity index (χ1v) is 9.88. The van der Waals surface area contributed by atoms with Crippen LogP contribution >= 0.6 is 0 Å². The number of hydrogen-bond acceptors (Lipinski definition) is 4. The summed E-state index contributed by atoms with van der Waals surface area (Å²) < 4.78 is 32.8. The van der Waals surface area contributed by atoms with E-state index in [9.17, 15) is 13.2 Å². The third-order valence-corrected chi connectivity index (χ3v) is 6.46. The van der Waals surface area contributed by atoms with E-state index in [1.807, 2.05) is 13.8 Å². The molecule has 0 atom stereocenters. The number of amides is 1. The number of sulfonamides is 1. The highest BCUT2D eigenvalue weighted by Crippen LogP contribution is 2.28. The van der Waals surface area contributed by atoms with Crippen LogP contribution in [-0.4, -0.2) is 56.3 Å². The predicted octanol–water partition coefficient (Wildman–Crippen LogP) is 1.50. The molecule has 7 heteroatoms. The Morgan fingerprint density at radius 2 is 1.88 bits per heavy atom. The van der Waals surface area contributed by atoms with Crippen LogP contribution in [0.25, 0.3) is 0 Å². The van der Waals surface area contributed by atoms with Crippen LogP contribution in [0.3, 0.4) is 0 Å². The first kappa shape index (κ1) is 17.2. The van der Waals surface area contributed by atoms with Gasteiger partial charge in [0.05, 0.1) is 11.5 Å². The molecule has 0 bridgehead atoms. The number of aryl methyl sites for hydroxylation is 1. The first-order chi connectivity index (χ1) is 11.4. The molecule has 2 aliphatic rings. The Hall–Kier alpha value is -1.60. The van der Waals surface area contributed by atoms with Gasteiger partial charge in [0.15, 0.2) is 0 Å². The number of hydrogen-bond donors (Lipinski definition) is 0. The van der Waals surface area contributed by atoms with Gasteiger partial charge in [-0.1, -0.05) is 13.8 Å². The molecule has 1 fully saturated rings. The molecular formula is C17H24N2O4S. The number of piperazine rings is 1. The van der Waals surface area contributed by atoms with Gasteiger partial charge < -0.3 is 9.64 Å². The minimum atomic E-state index is -3.53. The van der Waals surface area contributed by atoms with Gasteiger partial charge in [0, 0.05) is 32.1 Å². The lowest BCUT2D eigenvalue weighted by Gasteiger charge is -2.35. The highest BCUT2D eigenvalue weighted by atomic mass is 32.2. The average molecular weight is 352 g/mol. The van der Waals surface area contributed by atoms with Crippen molar-refractivity contribution in [2.45, 2.75) is 31.6 Å². The van der Waals surface area contributed by atoms with Crippen LogP contribution in [0.5, 0.6) is 5.75 Å². The molecule has 0 unspecified atom stereocenters. The van der Waals surface area contributed by atoms with E-state index in [0.717, 1.165) is 24.2 Å². The highest BCUT2D eigenvalue weighted by molar-refractivity contribution is 7.89. The van der Waals surface area contributed by atoms with Gasteiger partial charge in [-0.05, 0) is 36.6 Å². The maximum atomic E-state index is 12.9. The quantitative estimate of drug-likeness (QED) is 0.827. The van der Waals surface area contributed by atoms with Crippen LogP contribution in [-0.2, 0) is 21.2 Å². The van der Waals surface area contributed by atoms with Crippen molar-refractivity contribution in [3.8, 4) is 5.75 Å². The zero-order chi connectivity index (χ0) is 17.3. The van der Waals surface area contributed by atoms with Gasteiger partial charge in [-0.15, -0.1) is 0 Å². The van der Waals surface area contributed by atoms with Crippen molar-refractivity contribution in [2.75, 3.05) is 32.8 Å². The summed E-state index contributed by atoms with van der Waals surface area (Å²) in [6.07, 6.45) is 1.75. The summed E-state index contributed by atoms with van der Waals surface area (Å²) in [7, 11) is -3.53. The highest BCUT2D eigenvalue weighted by Gasteiger charge is 2.31. The van der Waals surface area contributed by atoms with Crippen molar-refractivity contribution in [1.29, 1.82) is 0 Å². The van der Waals surface area contributed by atoms with Crippen LogP contribution < -0.4 is 4.74 Å². The lowest BCUT2D eigenvalue weighted by atomic mass is 10.1. The van der Waals surface area contributed by atoms with Gasteiger partial charge >= 0.3 is 0 Å². The van der Waals surface area contributed by atoms with E-state index in [4.69, 9.17) is 4.74 Å². The largest absolute Gasteiger partial charge is 0.493 e. The summed E-state index contributed by atoms with van der Waals surface area (Å²) in [5, 5.41) is 0. The minimum Gasteiger partial charge on any atom is -0.493 e. The lowest BCUT2D eigenvalue weighted by molar-refractivity contribution is -0.135. The fourth-order valence-electron chi connectivity index (χ4n) is 3.16. The van der Waals surface area contributed by atoms with Gasteiger partial charge in [0.25, 0.3) is 0 Å². The fourth-order valence-corrected chi connectivity index (χ4v) is 4.63. The summed E-state index contributed by atoms with van der Waals surface area (Å²) in [4.78, 5) is 14.1. The average Bonchev–Trinajstić information content (AvgIpc) is 2.60. The Labute approximate surface area is 143 Å². The maximum absolute atomic E-state index is 12.9. The number of ether oxygens (including phenoxy) is 1. The Morgan fingerprint density at radius 1 is 1.17 bits per heavy atom. The van der Waals surface area contributed by atoms with E-state index in [2.05, 4.69) is 0 Å². The molecule has 1 amide bonds. The van der Waals surface area contributed by atoms with Crippen molar-refractivity contribution in [3.05, 3.63) is 23.8 Å². The molecule has 1 saturated heterocycles. The van der Waals surface area contributed by atoms with Gasteiger partial charge in [-0.3, -0.25) is 4.79 Å². The van der Waals surface area contributed by atoms with Gasteiger partial charge in [0.1, 0.15) is 5.75 Å². The molecule has 24 heavy (non-hydrogen) atoms. The zero-order valence-corrected chi connectivity index (χ0v) is 15.0. The summed E-state index contributed by atoms with van der Waals surface area (Å²) in [5.41, 5.74) is 0.955. The molecule has 0 spiro atoms. The number of benzene rings is 1. The summed E-state index contributed by atoms with van der Waals surface area (Å²) in [5.74, 6) is 0.805. The molecule has 0 aromatic heterocycles. The van der Waals surface area contributed by atoms with Gasteiger partial charge in [-0.25, -0.2) is 8.42 Å². The Bertz CT molecular complexity index is 722. The molecule has 0 radical (unpaired) electrons. The number of rotatable bonds is 3. The third-order valence-electron chi connectivity index (χ3n) is 4.56. The number of carbonyl (C=O) groups excluding carboxylic acids is 1. The standard InChI is InChI=1S/C17H24N2O4S/c1-13(2)17(20)18-7-9-19(10-8-18)24(21,22)15-5-6-16-14(12-15)4-3-11-23-16/h5-6,12-13H,3-4,7-11H2,1-2H3. The molecule has 1 aromatic carbocycles. The monoisotopic (exact) mass is 352 g/mol. The molecule has 3 rings (SSSR count). The summed E-state index contributed by atoms with van der Waals surface area (Å²) >= 11 is 0. The molecule has 2 heterocycles. The molecule has 6 nitrogen and oxygen atoms in total. The number of fused-ring (bicyclic) bond motifs is 1. The Balaban J connectivity index is 1.74. The zero-order valence-electron chi connectivity index (χ0n) is 14.2. The van der Waals surface area contributed by atoms with Crippen molar-refractivity contribution >= 4 is 15.9 Å².